The summed E-state index contributed by atoms with van der Waals surface area (Å²) in [7, 11) is 0. The summed E-state index contributed by atoms with van der Waals surface area (Å²) in [4.78, 5) is 0. The van der Waals surface area contributed by atoms with Crippen LogP contribution in [0, 0.1) is 0 Å². The minimum absolute atomic E-state index is 0.299. The number of hydrogen-bond acceptors (Lipinski definition) is 3. The molecule has 0 aromatic carbocycles. The summed E-state index contributed by atoms with van der Waals surface area (Å²) in [6.45, 7) is 2.04. The molecule has 1 aliphatic rings. The highest BCUT2D eigenvalue weighted by molar-refractivity contribution is 4.93. The second-order valence-corrected chi connectivity index (χ2v) is 4.51. The zero-order chi connectivity index (χ0) is 10.7. The molecule has 3 nitrogen and oxygen atoms in total. The van der Waals surface area contributed by atoms with Gasteiger partial charge < -0.3 is 15.3 Å². The van der Waals surface area contributed by atoms with Gasteiger partial charge in [0.2, 0.25) is 0 Å². The van der Waals surface area contributed by atoms with Gasteiger partial charge in [0.15, 0.2) is 5.79 Å². The van der Waals surface area contributed by atoms with Gasteiger partial charge in [0.1, 0.15) is 5.60 Å². The molecule has 0 saturated heterocycles. The minimum atomic E-state index is -1.88. The molecule has 1 aliphatic carbocycles. The molecule has 14 heavy (non-hydrogen) atoms. The lowest BCUT2D eigenvalue weighted by Crippen LogP contribution is -2.53. The second-order valence-electron chi connectivity index (χ2n) is 4.51. The highest BCUT2D eigenvalue weighted by atomic mass is 16.5. The summed E-state index contributed by atoms with van der Waals surface area (Å²) < 4.78 is 0. The molecule has 0 aromatic heterocycles. The van der Waals surface area contributed by atoms with Crippen LogP contribution in [0.3, 0.4) is 0 Å². The number of rotatable bonds is 3. The van der Waals surface area contributed by atoms with Gasteiger partial charge in [-0.3, -0.25) is 0 Å². The van der Waals surface area contributed by atoms with Gasteiger partial charge in [0, 0.05) is 6.42 Å². The van der Waals surface area contributed by atoms with Gasteiger partial charge in [0.05, 0.1) is 0 Å². The van der Waals surface area contributed by atoms with Gasteiger partial charge in [-0.2, -0.15) is 0 Å². The lowest BCUT2D eigenvalue weighted by molar-refractivity contribution is -0.279. The molecule has 0 aromatic rings. The summed E-state index contributed by atoms with van der Waals surface area (Å²) in [5.41, 5.74) is -1.28. The topological polar surface area (TPSA) is 60.7 Å². The first-order valence-corrected chi connectivity index (χ1v) is 5.69. The molecule has 0 aliphatic heterocycles. The van der Waals surface area contributed by atoms with E-state index in [0.717, 1.165) is 32.1 Å². The van der Waals surface area contributed by atoms with Crippen molar-refractivity contribution in [3.05, 3.63) is 0 Å². The van der Waals surface area contributed by atoms with Crippen molar-refractivity contribution in [2.24, 2.45) is 0 Å². The molecular formula is C11H22O3. The van der Waals surface area contributed by atoms with Crippen LogP contribution < -0.4 is 0 Å². The maximum Gasteiger partial charge on any atom is 0.192 e. The van der Waals surface area contributed by atoms with E-state index in [-0.39, 0.29) is 0 Å². The maximum atomic E-state index is 10.2. The fourth-order valence-electron chi connectivity index (χ4n) is 2.19. The summed E-state index contributed by atoms with van der Waals surface area (Å²) >= 11 is 0. The molecule has 1 rings (SSSR count). The highest BCUT2D eigenvalue weighted by Gasteiger charge is 2.47. The lowest BCUT2D eigenvalue weighted by atomic mass is 9.83. The van der Waals surface area contributed by atoms with Gasteiger partial charge in [-0.1, -0.05) is 32.6 Å². The van der Waals surface area contributed by atoms with E-state index in [2.05, 4.69) is 0 Å². The van der Waals surface area contributed by atoms with E-state index in [4.69, 9.17) is 0 Å². The Balaban J connectivity index is 2.68. The standard InChI is InChI=1S/C11H22O3/c1-2-3-7-10(12)8-5-4-6-9-11(10,13)14/h12-14H,2-9H2,1H3. The normalized spacial score (nSPS) is 32.6. The van der Waals surface area contributed by atoms with E-state index >= 15 is 0 Å². The SMILES string of the molecule is CCCCC1(O)CCCCCC1(O)O. The minimum Gasteiger partial charge on any atom is -0.384 e. The smallest absolute Gasteiger partial charge is 0.192 e. The van der Waals surface area contributed by atoms with Gasteiger partial charge in [-0.05, 0) is 19.3 Å². The highest BCUT2D eigenvalue weighted by Crippen LogP contribution is 2.37. The summed E-state index contributed by atoms with van der Waals surface area (Å²) in [5, 5.41) is 29.8. The van der Waals surface area contributed by atoms with Crippen LogP contribution in [0.4, 0.5) is 0 Å². The molecule has 84 valence electrons. The van der Waals surface area contributed by atoms with Crippen LogP contribution >= 0.6 is 0 Å². The number of aliphatic hydroxyl groups is 3. The monoisotopic (exact) mass is 202 g/mol. The van der Waals surface area contributed by atoms with Crippen molar-refractivity contribution < 1.29 is 15.3 Å². The van der Waals surface area contributed by atoms with Gasteiger partial charge in [0.25, 0.3) is 0 Å². The first-order valence-electron chi connectivity index (χ1n) is 5.69. The van der Waals surface area contributed by atoms with Gasteiger partial charge in [-0.15, -0.1) is 0 Å². The third kappa shape index (κ3) is 2.47. The van der Waals surface area contributed by atoms with Crippen molar-refractivity contribution in [1.29, 1.82) is 0 Å². The van der Waals surface area contributed by atoms with E-state index in [9.17, 15) is 15.3 Å². The Kier molecular flexibility index (Phi) is 3.93. The Morgan fingerprint density at radius 2 is 1.64 bits per heavy atom. The summed E-state index contributed by atoms with van der Waals surface area (Å²) in [5.74, 6) is -1.88. The Morgan fingerprint density at radius 3 is 2.29 bits per heavy atom. The van der Waals surface area contributed by atoms with Crippen LogP contribution in [0.25, 0.3) is 0 Å². The van der Waals surface area contributed by atoms with Crippen LogP contribution in [0.15, 0.2) is 0 Å². The average molecular weight is 202 g/mol. The Bertz CT molecular complexity index is 179. The molecule has 0 amide bonds. The van der Waals surface area contributed by atoms with Crippen molar-refractivity contribution in [2.75, 3.05) is 0 Å². The first-order chi connectivity index (χ1) is 6.52. The fourth-order valence-corrected chi connectivity index (χ4v) is 2.19. The zero-order valence-corrected chi connectivity index (χ0v) is 9.00. The van der Waals surface area contributed by atoms with Crippen LogP contribution in [0.1, 0.15) is 58.3 Å². The van der Waals surface area contributed by atoms with Crippen LogP contribution in [0.5, 0.6) is 0 Å². The fraction of sp³-hybridized carbons (Fsp3) is 1.00. The van der Waals surface area contributed by atoms with Crippen molar-refractivity contribution in [3.63, 3.8) is 0 Å². The van der Waals surface area contributed by atoms with Gasteiger partial charge >= 0.3 is 0 Å². The number of hydrogen-bond donors (Lipinski definition) is 3. The predicted molar refractivity (Wildman–Crippen MR) is 54.7 cm³/mol. The number of unbranched alkanes of at least 4 members (excludes halogenated alkanes) is 1. The van der Waals surface area contributed by atoms with Crippen LogP contribution in [-0.4, -0.2) is 26.7 Å². The van der Waals surface area contributed by atoms with Crippen molar-refractivity contribution in [1.82, 2.24) is 0 Å². The molecule has 0 heterocycles. The van der Waals surface area contributed by atoms with E-state index in [0.29, 0.717) is 19.3 Å². The molecule has 1 saturated carbocycles. The van der Waals surface area contributed by atoms with Gasteiger partial charge in [-0.25, -0.2) is 0 Å². The van der Waals surface area contributed by atoms with Crippen LogP contribution in [0.2, 0.25) is 0 Å². The molecule has 1 fully saturated rings. The maximum absolute atomic E-state index is 10.2. The third-order valence-electron chi connectivity index (χ3n) is 3.30. The van der Waals surface area contributed by atoms with Crippen molar-refractivity contribution >= 4 is 0 Å². The van der Waals surface area contributed by atoms with E-state index in [1.807, 2.05) is 6.92 Å². The second kappa shape index (κ2) is 4.60. The molecular weight excluding hydrogens is 180 g/mol. The van der Waals surface area contributed by atoms with E-state index in [1.54, 1.807) is 0 Å². The molecule has 1 atom stereocenters. The lowest BCUT2D eigenvalue weighted by Gasteiger charge is -2.38. The van der Waals surface area contributed by atoms with E-state index < -0.39 is 11.4 Å². The summed E-state index contributed by atoms with van der Waals surface area (Å²) in [6, 6.07) is 0. The molecule has 0 spiro atoms. The molecule has 3 heteroatoms. The zero-order valence-electron chi connectivity index (χ0n) is 9.00. The van der Waals surface area contributed by atoms with Crippen LogP contribution in [-0.2, 0) is 0 Å². The molecule has 1 unspecified atom stereocenters. The quantitative estimate of drug-likeness (QED) is 0.480. The first kappa shape index (κ1) is 12.0. The third-order valence-corrected chi connectivity index (χ3v) is 3.30. The molecule has 0 bridgehead atoms. The molecule has 3 N–H and O–H groups in total. The largest absolute Gasteiger partial charge is 0.384 e. The summed E-state index contributed by atoms with van der Waals surface area (Å²) in [6.07, 6.45) is 5.79. The molecule has 0 radical (unpaired) electrons. The van der Waals surface area contributed by atoms with E-state index in [1.165, 1.54) is 0 Å². The predicted octanol–water partition coefficient (Wildman–Crippen LogP) is 1.55. The van der Waals surface area contributed by atoms with Crippen molar-refractivity contribution in [3.8, 4) is 0 Å². The van der Waals surface area contributed by atoms with Crippen molar-refractivity contribution in [2.45, 2.75) is 69.7 Å². The Labute approximate surface area is 85.8 Å². The average Bonchev–Trinajstić information content (AvgIpc) is 2.25. The Hall–Kier alpha value is -0.120. The Morgan fingerprint density at radius 1 is 1.00 bits per heavy atom.